The number of nitrogens with zero attached hydrogens (tertiary/aromatic N) is 1. The van der Waals surface area contributed by atoms with Crippen LogP contribution in [0.4, 0.5) is 13.2 Å². The molecule has 0 atom stereocenters. The number of alkyl halides is 3. The highest BCUT2D eigenvalue weighted by Gasteiger charge is 2.34. The lowest BCUT2D eigenvalue weighted by Gasteiger charge is -2.14. The van der Waals surface area contributed by atoms with Gasteiger partial charge in [0.15, 0.2) is 5.75 Å². The molecular formula is C9H7F3INO4. The van der Waals surface area contributed by atoms with Crippen LogP contribution < -0.4 is 9.47 Å². The van der Waals surface area contributed by atoms with Crippen molar-refractivity contribution in [3.8, 4) is 11.6 Å². The summed E-state index contributed by atoms with van der Waals surface area (Å²) in [7, 11) is 1.27. The number of methoxy groups -OCH3 is 1. The predicted octanol–water partition coefficient (Wildman–Crippen LogP) is 2.22. The van der Waals surface area contributed by atoms with E-state index in [9.17, 15) is 18.0 Å². The van der Waals surface area contributed by atoms with E-state index in [0.717, 1.165) is 0 Å². The fourth-order valence-corrected chi connectivity index (χ4v) is 1.81. The lowest BCUT2D eigenvalue weighted by Crippen LogP contribution is -2.20. The van der Waals surface area contributed by atoms with Gasteiger partial charge in [-0.2, -0.15) is 0 Å². The maximum absolute atomic E-state index is 12.2. The molecular weight excluding hydrogens is 370 g/mol. The van der Waals surface area contributed by atoms with Crippen molar-refractivity contribution in [3.63, 3.8) is 0 Å². The second-order valence-electron chi connectivity index (χ2n) is 3.04. The minimum absolute atomic E-state index is 0.0187. The van der Waals surface area contributed by atoms with Crippen molar-refractivity contribution >= 4 is 28.6 Å². The summed E-state index contributed by atoms with van der Waals surface area (Å²) < 4.78 is 45.2. The van der Waals surface area contributed by atoms with Gasteiger partial charge >= 0.3 is 12.3 Å². The predicted molar refractivity (Wildman–Crippen MR) is 61.5 cm³/mol. The molecule has 0 spiro atoms. The number of carboxylic acid groups (broad SMARTS) is 1. The molecule has 1 aromatic heterocycles. The maximum Gasteiger partial charge on any atom is 0.573 e. The van der Waals surface area contributed by atoms with Gasteiger partial charge in [-0.05, 0) is 22.6 Å². The lowest BCUT2D eigenvalue weighted by molar-refractivity contribution is -0.275. The lowest BCUT2D eigenvalue weighted by atomic mass is 10.2. The van der Waals surface area contributed by atoms with Crippen molar-refractivity contribution in [2.24, 2.45) is 0 Å². The van der Waals surface area contributed by atoms with E-state index in [1.807, 2.05) is 0 Å². The smallest absolute Gasteiger partial charge is 0.481 e. The number of carboxylic acids is 1. The topological polar surface area (TPSA) is 68.7 Å². The van der Waals surface area contributed by atoms with Crippen LogP contribution in [0.3, 0.4) is 0 Å². The second-order valence-corrected chi connectivity index (χ2v) is 4.20. The van der Waals surface area contributed by atoms with E-state index in [-0.39, 0.29) is 15.1 Å². The third-order valence-corrected chi connectivity index (χ3v) is 2.52. The van der Waals surface area contributed by atoms with Gasteiger partial charge in [0.25, 0.3) is 0 Å². The van der Waals surface area contributed by atoms with Gasteiger partial charge in [0.1, 0.15) is 0 Å². The molecule has 0 radical (unpaired) electrons. The summed E-state index contributed by atoms with van der Waals surface area (Å²) in [5, 5.41) is 8.62. The molecule has 100 valence electrons. The van der Waals surface area contributed by atoms with E-state index in [1.54, 1.807) is 22.6 Å². The quantitative estimate of drug-likeness (QED) is 0.816. The molecule has 18 heavy (non-hydrogen) atoms. The number of aromatic nitrogens is 1. The molecule has 0 saturated carbocycles. The molecule has 0 fully saturated rings. The van der Waals surface area contributed by atoms with Crippen LogP contribution in [0.15, 0.2) is 6.07 Å². The van der Waals surface area contributed by atoms with E-state index in [0.29, 0.717) is 0 Å². The van der Waals surface area contributed by atoms with Crippen LogP contribution >= 0.6 is 22.6 Å². The van der Waals surface area contributed by atoms with Crippen molar-refractivity contribution in [1.29, 1.82) is 0 Å². The molecule has 0 aliphatic rings. The van der Waals surface area contributed by atoms with E-state index in [4.69, 9.17) is 9.84 Å². The van der Waals surface area contributed by atoms with Crippen LogP contribution in [0, 0.1) is 3.57 Å². The van der Waals surface area contributed by atoms with Gasteiger partial charge in [0.2, 0.25) is 5.88 Å². The van der Waals surface area contributed by atoms with Crippen LogP contribution in [0.1, 0.15) is 5.69 Å². The normalized spacial score (nSPS) is 11.2. The molecule has 0 aromatic carbocycles. The standard InChI is InChI=1S/C9H7F3INO4/c1-17-6-2-4(13)8(18-9(10,11)12)5(14-6)3-7(15)16/h2H,3H2,1H3,(H,15,16). The maximum atomic E-state index is 12.2. The van der Waals surface area contributed by atoms with E-state index < -0.39 is 24.5 Å². The molecule has 0 aliphatic carbocycles. The molecule has 0 unspecified atom stereocenters. The highest BCUT2D eigenvalue weighted by molar-refractivity contribution is 14.1. The Kier molecular flexibility index (Phi) is 4.59. The molecule has 5 nitrogen and oxygen atoms in total. The van der Waals surface area contributed by atoms with Crippen LogP contribution in [0.2, 0.25) is 0 Å². The first-order valence-electron chi connectivity index (χ1n) is 4.44. The van der Waals surface area contributed by atoms with Crippen molar-refractivity contribution in [1.82, 2.24) is 4.98 Å². The summed E-state index contributed by atoms with van der Waals surface area (Å²) in [5.74, 6) is -1.92. The number of aliphatic carboxylic acids is 1. The summed E-state index contributed by atoms with van der Waals surface area (Å²) in [6, 6.07) is 1.22. The number of ether oxygens (including phenoxy) is 2. The van der Waals surface area contributed by atoms with Gasteiger partial charge in [-0.1, -0.05) is 0 Å². The Morgan fingerprint density at radius 3 is 2.61 bits per heavy atom. The third kappa shape index (κ3) is 4.20. The largest absolute Gasteiger partial charge is 0.573 e. The number of pyridine rings is 1. The summed E-state index contributed by atoms with van der Waals surface area (Å²) >= 11 is 1.58. The third-order valence-electron chi connectivity index (χ3n) is 1.72. The fourth-order valence-electron chi connectivity index (χ4n) is 1.12. The number of rotatable bonds is 4. The molecule has 9 heteroatoms. The molecule has 1 rings (SSSR count). The number of carbonyl (C=O) groups is 1. The minimum Gasteiger partial charge on any atom is -0.481 e. The van der Waals surface area contributed by atoms with E-state index in [1.165, 1.54) is 13.2 Å². The first-order chi connectivity index (χ1) is 8.23. The Labute approximate surface area is 113 Å². The average molecular weight is 377 g/mol. The molecule has 0 bridgehead atoms. The SMILES string of the molecule is COc1cc(I)c(OC(F)(F)F)c(CC(=O)O)n1. The van der Waals surface area contributed by atoms with Crippen LogP contribution in [0.5, 0.6) is 11.6 Å². The zero-order chi connectivity index (χ0) is 13.9. The molecule has 1 aromatic rings. The minimum atomic E-state index is -4.91. The van der Waals surface area contributed by atoms with Crippen molar-refractivity contribution in [2.75, 3.05) is 7.11 Å². The molecule has 0 amide bonds. The van der Waals surface area contributed by atoms with E-state index in [2.05, 4.69) is 9.72 Å². The van der Waals surface area contributed by atoms with Gasteiger partial charge in [-0.3, -0.25) is 4.79 Å². The molecule has 0 aliphatic heterocycles. The van der Waals surface area contributed by atoms with Crippen LogP contribution in [-0.4, -0.2) is 29.5 Å². The Morgan fingerprint density at radius 2 is 2.17 bits per heavy atom. The van der Waals surface area contributed by atoms with E-state index >= 15 is 0 Å². The Bertz CT molecular complexity index is 464. The fraction of sp³-hybridized carbons (Fsp3) is 0.333. The van der Waals surface area contributed by atoms with Crippen LogP contribution in [-0.2, 0) is 11.2 Å². The van der Waals surface area contributed by atoms with Gasteiger partial charge in [-0.25, -0.2) is 4.98 Å². The van der Waals surface area contributed by atoms with Gasteiger partial charge < -0.3 is 14.6 Å². The monoisotopic (exact) mass is 377 g/mol. The highest BCUT2D eigenvalue weighted by Crippen LogP contribution is 2.32. The Balaban J connectivity index is 3.24. The first-order valence-corrected chi connectivity index (χ1v) is 5.51. The molecule has 1 heterocycles. The Hall–Kier alpha value is -1.26. The van der Waals surface area contributed by atoms with Crippen LogP contribution in [0.25, 0.3) is 0 Å². The average Bonchev–Trinajstić information content (AvgIpc) is 2.20. The number of halogens is 4. The van der Waals surface area contributed by atoms with Gasteiger partial charge in [0.05, 0.1) is 22.8 Å². The van der Waals surface area contributed by atoms with Crippen molar-refractivity contribution in [2.45, 2.75) is 12.8 Å². The summed E-state index contributed by atoms with van der Waals surface area (Å²) in [6.45, 7) is 0. The van der Waals surface area contributed by atoms with Crippen molar-refractivity contribution < 1.29 is 32.5 Å². The Morgan fingerprint density at radius 1 is 1.56 bits per heavy atom. The summed E-state index contributed by atoms with van der Waals surface area (Å²) in [5.41, 5.74) is -0.344. The van der Waals surface area contributed by atoms with Gasteiger partial charge in [-0.15, -0.1) is 13.2 Å². The zero-order valence-electron chi connectivity index (χ0n) is 8.92. The number of hydrogen-bond donors (Lipinski definition) is 1. The molecule has 1 N–H and O–H groups in total. The highest BCUT2D eigenvalue weighted by atomic mass is 127. The van der Waals surface area contributed by atoms with Crippen molar-refractivity contribution in [3.05, 3.63) is 15.3 Å². The summed E-state index contributed by atoms with van der Waals surface area (Å²) in [4.78, 5) is 14.2. The zero-order valence-corrected chi connectivity index (χ0v) is 11.1. The van der Waals surface area contributed by atoms with Gasteiger partial charge in [0, 0.05) is 6.07 Å². The summed E-state index contributed by atoms with van der Waals surface area (Å²) in [6.07, 6.45) is -5.61. The molecule has 0 saturated heterocycles. The second kappa shape index (κ2) is 5.59. The first kappa shape index (κ1) is 14.8. The number of hydrogen-bond acceptors (Lipinski definition) is 4.